The van der Waals surface area contributed by atoms with Crippen molar-refractivity contribution in [3.05, 3.63) is 458 Å². The van der Waals surface area contributed by atoms with E-state index in [0.717, 1.165) is 131 Å². The van der Waals surface area contributed by atoms with Crippen molar-refractivity contribution in [2.24, 2.45) is 5.92 Å². The van der Waals surface area contributed by atoms with Crippen molar-refractivity contribution in [2.75, 3.05) is 0 Å². The van der Waals surface area contributed by atoms with Gasteiger partial charge in [0.1, 0.15) is 0 Å². The molecule has 8 nitrogen and oxygen atoms in total. The van der Waals surface area contributed by atoms with Crippen LogP contribution >= 0.6 is 0 Å². The molecule has 2 saturated carbocycles. The van der Waals surface area contributed by atoms with Gasteiger partial charge in [-0.15, -0.1) is 144 Å². The molecular formula is C131H138Ge4Ir4N8-8. The number of nitrogens with zero attached hydrogens (tertiary/aromatic N) is 8. The van der Waals surface area contributed by atoms with Crippen LogP contribution in [0.5, 0.6) is 0 Å². The van der Waals surface area contributed by atoms with Gasteiger partial charge in [0.2, 0.25) is 0 Å². The molecule has 10 aromatic carbocycles. The third-order valence-electron chi connectivity index (χ3n) is 25.2. The zero-order valence-electron chi connectivity index (χ0n) is 88.6. The summed E-state index contributed by atoms with van der Waals surface area (Å²) in [6.45, 7) is 14.7. The second kappa shape index (κ2) is 59.7. The molecule has 2 aliphatic rings. The van der Waals surface area contributed by atoms with Gasteiger partial charge in [-0.1, -0.05) is 48.5 Å². The molecule has 0 spiro atoms. The van der Waals surface area contributed by atoms with Crippen molar-refractivity contribution in [2.45, 2.75) is 187 Å². The third-order valence-corrected chi connectivity index (χ3v) is 42.6. The first kappa shape index (κ1) is 121. The molecular weight excluding hydrogens is 2740 g/mol. The van der Waals surface area contributed by atoms with Gasteiger partial charge in [0.05, 0.1) is 0 Å². The van der Waals surface area contributed by atoms with E-state index in [2.05, 4.69) is 309 Å². The summed E-state index contributed by atoms with van der Waals surface area (Å²) in [4.78, 5) is 36.7. The first-order valence-electron chi connectivity index (χ1n) is 50.5. The Morgan fingerprint density at radius 2 is 0.510 bits per heavy atom. The van der Waals surface area contributed by atoms with Crippen LogP contribution < -0.4 is 17.6 Å². The summed E-state index contributed by atoms with van der Waals surface area (Å²) in [5.41, 5.74) is 31.8. The summed E-state index contributed by atoms with van der Waals surface area (Å²) in [6.07, 6.45) is 20.5. The molecule has 4 radical (unpaired) electrons. The van der Waals surface area contributed by atoms with E-state index in [1.54, 1.807) is 19.9 Å². The molecule has 0 unspecified atom stereocenters. The van der Waals surface area contributed by atoms with Gasteiger partial charge >= 0.3 is 564 Å². The van der Waals surface area contributed by atoms with Crippen LogP contribution in [0, 0.1) is 89.1 Å². The Balaban J connectivity index is 0.000000189. The van der Waals surface area contributed by atoms with E-state index >= 15 is 0 Å². The van der Waals surface area contributed by atoms with Crippen LogP contribution in [0.15, 0.2) is 365 Å². The second-order valence-electron chi connectivity index (χ2n) is 41.5. The molecule has 0 bridgehead atoms. The zero-order chi connectivity index (χ0) is 101. The van der Waals surface area contributed by atoms with Crippen molar-refractivity contribution in [3.63, 3.8) is 0 Å². The van der Waals surface area contributed by atoms with Gasteiger partial charge in [-0.25, -0.2) is 0 Å². The van der Waals surface area contributed by atoms with Gasteiger partial charge in [-0.3, -0.25) is 0 Å². The minimum absolute atomic E-state index is 0. The van der Waals surface area contributed by atoms with Crippen LogP contribution in [0.2, 0.25) is 69.1 Å². The molecule has 2 fully saturated rings. The monoisotopic (exact) mass is 2890 g/mol. The summed E-state index contributed by atoms with van der Waals surface area (Å²) >= 11 is -7.54. The molecule has 18 aromatic rings. The van der Waals surface area contributed by atoms with E-state index in [1.807, 2.05) is 246 Å². The maximum absolute atomic E-state index is 4.90. The fourth-order valence-electron chi connectivity index (χ4n) is 18.0. The molecule has 0 aliphatic heterocycles. The molecule has 8 heterocycles. The minimum Gasteiger partial charge on any atom is 0 e. The normalized spacial score (nSPS) is 12.1. The number of pyridine rings is 8. The van der Waals surface area contributed by atoms with Gasteiger partial charge in [0.25, 0.3) is 0 Å². The van der Waals surface area contributed by atoms with Gasteiger partial charge in [-0.2, -0.15) is 0 Å². The average molecular weight is 2880 g/mol. The van der Waals surface area contributed by atoms with Gasteiger partial charge in [0.15, 0.2) is 0 Å². The maximum Gasteiger partial charge on any atom is 0 e. The summed E-state index contributed by atoms with van der Waals surface area (Å²) in [5.74, 6) is 31.6. The second-order valence-corrected chi connectivity index (χ2v) is 83.8. The van der Waals surface area contributed by atoms with Crippen molar-refractivity contribution in [3.8, 4) is 112 Å². The predicted octanol–water partition coefficient (Wildman–Crippen LogP) is 32.0. The van der Waals surface area contributed by atoms with Crippen LogP contribution in [0.25, 0.3) is 112 Å². The van der Waals surface area contributed by atoms with Gasteiger partial charge < -0.3 is 19.9 Å². The van der Waals surface area contributed by atoms with Crippen LogP contribution in [0.3, 0.4) is 0 Å². The first-order chi connectivity index (χ1) is 68.8. The first-order valence-corrected chi connectivity index (χ1v) is 79.9. The molecule has 762 valence electrons. The Hall–Kier alpha value is -9.83. The van der Waals surface area contributed by atoms with Crippen LogP contribution in [0.1, 0.15) is 122 Å². The largest absolute Gasteiger partial charge is 0 e. The Kier molecular flexibility index (Phi) is 49.0. The molecule has 16 heteroatoms. The number of aromatic nitrogens is 8. The van der Waals surface area contributed by atoms with Crippen molar-refractivity contribution >= 4 is 70.6 Å². The summed E-state index contributed by atoms with van der Waals surface area (Å²) in [7, 11) is 0. The smallest absolute Gasteiger partial charge is 0 e. The Bertz CT molecular complexity index is 6670. The molecule has 0 saturated heterocycles. The van der Waals surface area contributed by atoms with E-state index < -0.39 is 53.1 Å². The topological polar surface area (TPSA) is 103 Å². The number of benzene rings is 10. The Morgan fingerprint density at radius 1 is 0.245 bits per heavy atom. The van der Waals surface area contributed by atoms with Crippen LogP contribution in [0.4, 0.5) is 0 Å². The summed E-state index contributed by atoms with van der Waals surface area (Å²) < 4.78 is 6.25. The van der Waals surface area contributed by atoms with Crippen LogP contribution in [-0.2, 0) is 86.8 Å². The van der Waals surface area contributed by atoms with Crippen molar-refractivity contribution in [1.82, 2.24) is 39.9 Å². The number of rotatable bonds is 18. The Labute approximate surface area is 944 Å². The maximum atomic E-state index is 4.90. The standard InChI is InChI=1S/C25H28GeN.C24H28GeN.C19H24GeN.C15H18GeN.4C12H10N.4Ir/c1-26(2,3)24-18-27-25(17-23(24)20-12-7-8-13-20)22-15-9-14-21(16-22)19-10-5-4-6-11-19;1-18(2)14-22-16-24(26-17-23(22)25(3,4)5)21-13-9-12-20(15-21)19-10-7-6-8-11-19;1-20(2,3)18-14-21-19(16-11-5-4-6-12-16)13-17(18)15-9-7-8-10-15;1-12-11-17-15(10-14(12)16(2,3)4)13-8-6-5-7-9-13;4*1-10-6-5-9-12(13-10)11-7-3-2-4-8-11;;;;/h4-6,9-11,14,16-18,20H,7-8,12-13H2,1-3H3;6-12,15-18H,14H2,1-5H3;4-6,11,13-15H,7-10H2,1-3H3;5-8,10-11H,1-4H3;4*2-7,9H,1H3;;;;/q8*-1;;;;. The van der Waals surface area contributed by atoms with E-state index in [1.165, 1.54) is 93.5 Å². The predicted molar refractivity (Wildman–Crippen MR) is 616 cm³/mol. The fourth-order valence-corrected chi connectivity index (χ4v) is 31.8. The van der Waals surface area contributed by atoms with Gasteiger partial charge in [-0.05, 0) is 74.7 Å². The third kappa shape index (κ3) is 37.4. The fraction of sp³-hybridized carbons (Fsp3) is 0.237. The Morgan fingerprint density at radius 3 is 0.796 bits per heavy atom. The van der Waals surface area contributed by atoms with Gasteiger partial charge in [0, 0.05) is 103 Å². The molecule has 0 atom stereocenters. The number of aryl methyl sites for hydroxylation is 5. The summed E-state index contributed by atoms with van der Waals surface area (Å²) in [6, 6.07) is 141. The number of hydrogen-bond acceptors (Lipinski definition) is 8. The zero-order valence-corrected chi connectivity index (χ0v) is 107. The average Bonchev–Trinajstić information content (AvgIpc) is 1.78. The molecule has 8 aromatic heterocycles. The van der Waals surface area contributed by atoms with E-state index in [4.69, 9.17) is 15.0 Å². The van der Waals surface area contributed by atoms with Crippen molar-refractivity contribution < 1.29 is 80.4 Å². The summed E-state index contributed by atoms with van der Waals surface area (Å²) in [5, 5.41) is 0. The molecule has 147 heavy (non-hydrogen) atoms. The molecule has 20 rings (SSSR count). The van der Waals surface area contributed by atoms with E-state index in [9.17, 15) is 0 Å². The number of hydrogen-bond donors (Lipinski definition) is 0. The molecule has 0 amide bonds. The SMILES string of the molecule is CC(C)Cc1cc(-c2[c-]ccc(-c3ccccc3)c2)nc[c]1[Ge]([CH3])([CH3])[CH3].Cc1cccc(-c2[c-]cccc2)n1.Cc1cccc(-c2[c-]cccc2)n1.Cc1cccc(-c2[c-]cccc2)n1.Cc1cccc(-c2[c-]cccc2)n1.Cc1cnc(-c2[c-]cccc2)c[c]1[Ge]([CH3])([CH3])[CH3].[CH3][Ge]([CH3])([CH3])[c]1cnc(-c2[c-]ccc(-c3ccccc3)c2)cc1C1CCCC1.[CH3][Ge]([CH3])([CH3])[c]1cnc(-c2[c-]cccc2)cc1C1CCCC1.[Ir].[Ir].[Ir].[Ir]. The van der Waals surface area contributed by atoms with Crippen molar-refractivity contribution in [1.29, 1.82) is 0 Å². The van der Waals surface area contributed by atoms with E-state index in [-0.39, 0.29) is 80.4 Å². The van der Waals surface area contributed by atoms with E-state index in [0.29, 0.717) is 5.92 Å². The van der Waals surface area contributed by atoms with Crippen LogP contribution in [-0.4, -0.2) is 92.9 Å². The molecule has 0 N–H and O–H groups in total. The molecule has 2 aliphatic carbocycles. The quantitative estimate of drug-likeness (QED) is 0.0618. The minimum atomic E-state index is -1.94.